The SMILES string of the molecule is CCOC(=O)C1=C(c2ccccc2)N=c2s/c(=C3\C(=O)Nc4ccc(Cl)cc43)c(=O)n2[C@@H]1c1ccc(OC)cc1. The number of rotatable bonds is 5. The third-order valence-electron chi connectivity index (χ3n) is 6.73. The Balaban J connectivity index is 1.71. The molecule has 0 fully saturated rings. The van der Waals surface area contributed by atoms with Crippen molar-refractivity contribution in [3.63, 3.8) is 0 Å². The maximum atomic E-state index is 14.2. The number of hydrogen-bond donors (Lipinski definition) is 1. The minimum Gasteiger partial charge on any atom is -0.497 e. The Bertz CT molecular complexity index is 1890. The number of methoxy groups -OCH3 is 1. The zero-order valence-electron chi connectivity index (χ0n) is 21.4. The summed E-state index contributed by atoms with van der Waals surface area (Å²) in [7, 11) is 1.56. The third-order valence-corrected chi connectivity index (χ3v) is 8.02. The molecule has 0 unspecified atom stereocenters. The van der Waals surface area contributed by atoms with Crippen molar-refractivity contribution in [1.29, 1.82) is 0 Å². The first-order valence-corrected chi connectivity index (χ1v) is 13.7. The van der Waals surface area contributed by atoms with Gasteiger partial charge in [-0.2, -0.15) is 0 Å². The topological polar surface area (TPSA) is 99.0 Å². The molecule has 10 heteroatoms. The van der Waals surface area contributed by atoms with Gasteiger partial charge in [0, 0.05) is 21.8 Å². The summed E-state index contributed by atoms with van der Waals surface area (Å²) in [6.45, 7) is 1.87. The average Bonchev–Trinajstić information content (AvgIpc) is 3.47. The number of ether oxygens (including phenoxy) is 2. The maximum Gasteiger partial charge on any atom is 0.338 e. The Hall–Kier alpha value is -4.47. The second-order valence-electron chi connectivity index (χ2n) is 9.04. The predicted molar refractivity (Wildman–Crippen MR) is 153 cm³/mol. The number of fused-ring (bicyclic) bond motifs is 2. The number of esters is 1. The molecule has 8 nitrogen and oxygen atoms in total. The van der Waals surface area contributed by atoms with E-state index in [2.05, 4.69) is 5.32 Å². The van der Waals surface area contributed by atoms with Gasteiger partial charge in [-0.05, 0) is 42.8 Å². The normalized spacial score (nSPS) is 17.1. The average molecular weight is 572 g/mol. The molecule has 0 saturated carbocycles. The van der Waals surface area contributed by atoms with Gasteiger partial charge >= 0.3 is 5.97 Å². The molecule has 6 rings (SSSR count). The highest BCUT2D eigenvalue weighted by Crippen LogP contribution is 2.36. The van der Waals surface area contributed by atoms with Crippen molar-refractivity contribution >= 4 is 51.8 Å². The number of benzene rings is 3. The van der Waals surface area contributed by atoms with E-state index in [0.29, 0.717) is 43.6 Å². The van der Waals surface area contributed by atoms with Crippen LogP contribution in [0.2, 0.25) is 5.02 Å². The molecule has 0 saturated heterocycles. The largest absolute Gasteiger partial charge is 0.497 e. The second-order valence-corrected chi connectivity index (χ2v) is 10.5. The van der Waals surface area contributed by atoms with E-state index < -0.39 is 23.5 Å². The number of anilines is 1. The van der Waals surface area contributed by atoms with Crippen molar-refractivity contribution in [3.8, 4) is 5.75 Å². The van der Waals surface area contributed by atoms with Gasteiger partial charge in [-0.15, -0.1) is 0 Å². The van der Waals surface area contributed by atoms with Gasteiger partial charge in [0.2, 0.25) is 0 Å². The Labute approximate surface area is 237 Å². The van der Waals surface area contributed by atoms with E-state index in [4.69, 9.17) is 26.1 Å². The molecule has 200 valence electrons. The summed E-state index contributed by atoms with van der Waals surface area (Å²) in [5.41, 5.74) is 2.85. The summed E-state index contributed by atoms with van der Waals surface area (Å²) in [6.07, 6.45) is 0. The highest BCUT2D eigenvalue weighted by Gasteiger charge is 2.36. The lowest BCUT2D eigenvalue weighted by molar-refractivity contribution is -0.138. The van der Waals surface area contributed by atoms with Gasteiger partial charge < -0.3 is 14.8 Å². The Morgan fingerprint density at radius 3 is 2.52 bits per heavy atom. The van der Waals surface area contributed by atoms with Crippen LogP contribution in [0, 0.1) is 0 Å². The number of nitrogens with zero attached hydrogens (tertiary/aromatic N) is 2. The lowest BCUT2D eigenvalue weighted by Gasteiger charge is -2.26. The molecule has 0 spiro atoms. The summed E-state index contributed by atoms with van der Waals surface area (Å²) in [4.78, 5) is 46.1. The lowest BCUT2D eigenvalue weighted by Crippen LogP contribution is -2.40. The standard InChI is InChI=1S/C30H22ClN3O5S/c1-3-39-29(37)23-24(16-7-5-4-6-8-16)33-30-34(25(23)17-9-12-19(38-2)13-10-17)28(36)26(40-30)22-20-15-18(31)11-14-21(20)32-27(22)35/h4-15,25H,3H2,1-2H3,(H,32,35)/b26-22-/t25-/m1/s1. The predicted octanol–water partition coefficient (Wildman–Crippen LogP) is 3.92. The summed E-state index contributed by atoms with van der Waals surface area (Å²) >= 11 is 7.34. The maximum absolute atomic E-state index is 14.2. The van der Waals surface area contributed by atoms with Crippen molar-refractivity contribution in [2.24, 2.45) is 4.99 Å². The summed E-state index contributed by atoms with van der Waals surface area (Å²) in [5.74, 6) is -0.365. The lowest BCUT2D eigenvalue weighted by atomic mass is 9.93. The van der Waals surface area contributed by atoms with E-state index in [0.717, 1.165) is 11.3 Å². The second kappa shape index (κ2) is 10.3. The van der Waals surface area contributed by atoms with Crippen molar-refractivity contribution < 1.29 is 19.1 Å². The number of amides is 1. The molecular formula is C30H22ClN3O5S. The smallest absolute Gasteiger partial charge is 0.338 e. The molecule has 1 aromatic heterocycles. The number of halogens is 1. The fourth-order valence-corrected chi connectivity index (χ4v) is 6.23. The zero-order chi connectivity index (χ0) is 28.0. The van der Waals surface area contributed by atoms with Crippen molar-refractivity contribution in [2.45, 2.75) is 13.0 Å². The third kappa shape index (κ3) is 4.24. The number of hydrogen-bond acceptors (Lipinski definition) is 7. The van der Waals surface area contributed by atoms with E-state index in [-0.39, 0.29) is 22.3 Å². The van der Waals surface area contributed by atoms with E-state index in [9.17, 15) is 14.4 Å². The molecule has 4 aromatic rings. The van der Waals surface area contributed by atoms with Gasteiger partial charge in [0.05, 0.1) is 36.6 Å². The van der Waals surface area contributed by atoms with Crippen molar-refractivity contribution in [3.05, 3.63) is 120 Å². The van der Waals surface area contributed by atoms with Gasteiger partial charge in [-0.3, -0.25) is 14.2 Å². The Kier molecular flexibility index (Phi) is 6.61. The summed E-state index contributed by atoms with van der Waals surface area (Å²) in [6, 6.07) is 20.6. The zero-order valence-corrected chi connectivity index (χ0v) is 23.0. The molecule has 40 heavy (non-hydrogen) atoms. The first-order chi connectivity index (χ1) is 19.4. The molecule has 1 amide bonds. The van der Waals surface area contributed by atoms with Crippen LogP contribution in [0.3, 0.4) is 0 Å². The molecule has 3 aromatic carbocycles. The Morgan fingerprint density at radius 2 is 1.82 bits per heavy atom. The molecule has 0 radical (unpaired) electrons. The van der Waals surface area contributed by atoms with E-state index in [1.165, 1.54) is 4.57 Å². The van der Waals surface area contributed by atoms with Gasteiger partial charge in [0.15, 0.2) is 4.80 Å². The Morgan fingerprint density at radius 1 is 1.07 bits per heavy atom. The fourth-order valence-electron chi connectivity index (χ4n) is 4.96. The fraction of sp³-hybridized carbons (Fsp3) is 0.133. The molecule has 3 heterocycles. The first kappa shape index (κ1) is 25.8. The number of carbonyl (C=O) groups excluding carboxylic acids is 2. The summed E-state index contributed by atoms with van der Waals surface area (Å²) < 4.78 is 12.5. The van der Waals surface area contributed by atoms with Crippen molar-refractivity contribution in [2.75, 3.05) is 19.0 Å². The van der Waals surface area contributed by atoms with Crippen LogP contribution in [0.1, 0.15) is 29.7 Å². The number of thiazole rings is 1. The number of nitrogens with one attached hydrogen (secondary N) is 1. The number of aromatic nitrogens is 1. The molecule has 0 aliphatic carbocycles. The molecule has 1 N–H and O–H groups in total. The molecule has 0 bridgehead atoms. The minimum atomic E-state index is -0.867. The van der Waals surface area contributed by atoms with Crippen LogP contribution in [0.25, 0.3) is 11.3 Å². The summed E-state index contributed by atoms with van der Waals surface area (Å²) in [5, 5.41) is 3.25. The van der Waals surface area contributed by atoms with E-state index >= 15 is 0 Å². The van der Waals surface area contributed by atoms with Crippen LogP contribution in [-0.2, 0) is 14.3 Å². The first-order valence-electron chi connectivity index (χ1n) is 12.5. The van der Waals surface area contributed by atoms with Gasteiger partial charge in [0.25, 0.3) is 11.5 Å². The van der Waals surface area contributed by atoms with Crippen LogP contribution in [0.5, 0.6) is 5.75 Å². The highest BCUT2D eigenvalue weighted by molar-refractivity contribution is 7.07. The van der Waals surface area contributed by atoms with Gasteiger partial charge in [-0.1, -0.05) is 65.4 Å². The highest BCUT2D eigenvalue weighted by atomic mass is 35.5. The van der Waals surface area contributed by atoms with Crippen LogP contribution in [-0.4, -0.2) is 30.2 Å². The van der Waals surface area contributed by atoms with Crippen LogP contribution in [0.4, 0.5) is 5.69 Å². The van der Waals surface area contributed by atoms with Crippen LogP contribution < -0.4 is 24.9 Å². The molecular weight excluding hydrogens is 550 g/mol. The molecule has 2 aliphatic heterocycles. The monoisotopic (exact) mass is 571 g/mol. The van der Waals surface area contributed by atoms with Crippen molar-refractivity contribution in [1.82, 2.24) is 4.57 Å². The van der Waals surface area contributed by atoms with E-state index in [1.807, 2.05) is 30.3 Å². The van der Waals surface area contributed by atoms with Crippen LogP contribution in [0.15, 0.2) is 88.2 Å². The molecule has 2 aliphatic rings. The molecule has 1 atom stereocenters. The van der Waals surface area contributed by atoms with Crippen LogP contribution >= 0.6 is 22.9 Å². The van der Waals surface area contributed by atoms with Gasteiger partial charge in [-0.25, -0.2) is 9.79 Å². The number of carbonyl (C=O) groups is 2. The quantitative estimate of drug-likeness (QED) is 0.366. The van der Waals surface area contributed by atoms with E-state index in [1.54, 1.807) is 56.5 Å². The minimum absolute atomic E-state index is 0.145. The van der Waals surface area contributed by atoms with Gasteiger partial charge in [0.1, 0.15) is 10.3 Å².